The molecule has 1 aromatic carbocycles. The molecule has 0 spiro atoms. The third-order valence-corrected chi connectivity index (χ3v) is 4.86. The van der Waals surface area contributed by atoms with E-state index >= 15 is 0 Å². The Kier molecular flexibility index (Phi) is 6.07. The summed E-state index contributed by atoms with van der Waals surface area (Å²) in [6.45, 7) is 5.28. The van der Waals surface area contributed by atoms with Gasteiger partial charge in [-0.3, -0.25) is 9.59 Å². The number of nitrogens with one attached hydrogen (secondary N) is 1. The molecule has 21 heavy (non-hydrogen) atoms. The molecule has 1 rings (SSSR count). The van der Waals surface area contributed by atoms with Gasteiger partial charge in [-0.05, 0) is 38.5 Å². The average molecular weight is 331 g/mol. The van der Waals surface area contributed by atoms with Gasteiger partial charge >= 0.3 is 5.97 Å². The Morgan fingerprint density at radius 3 is 2.62 bits per heavy atom. The molecule has 0 aliphatic heterocycles. The maximum absolute atomic E-state index is 11.9. The first-order valence-electron chi connectivity index (χ1n) is 6.32. The van der Waals surface area contributed by atoms with Gasteiger partial charge in [0.05, 0.1) is 5.75 Å². The number of amides is 1. The number of benzene rings is 1. The van der Waals surface area contributed by atoms with Gasteiger partial charge in [0.2, 0.25) is 5.91 Å². The molecule has 0 aliphatic rings. The van der Waals surface area contributed by atoms with Crippen LogP contribution in [-0.2, 0) is 9.59 Å². The highest BCUT2D eigenvalue weighted by atomic mass is 35.5. The quantitative estimate of drug-likeness (QED) is 0.745. The number of halogens is 1. The molecule has 0 saturated heterocycles. The van der Waals surface area contributed by atoms with Crippen LogP contribution >= 0.6 is 23.4 Å². The smallest absolute Gasteiger partial charge is 0.321 e. The van der Waals surface area contributed by atoms with E-state index in [2.05, 4.69) is 5.32 Å². The Morgan fingerprint density at radius 2 is 2.10 bits per heavy atom. The lowest BCUT2D eigenvalue weighted by molar-refractivity contribution is -0.139. The van der Waals surface area contributed by atoms with Crippen LogP contribution < -0.4 is 11.1 Å². The standard InChI is InChI=1S/C14H19ClN2O3S/c1-8-4-5-9(6-10(8)15)17-11(18)7-21-14(2,3)12(16)13(19)20/h4-6,12H,7,16H2,1-3H3,(H,17,18)(H,19,20)/t12-/m0/s1. The third-order valence-electron chi connectivity index (χ3n) is 3.05. The lowest BCUT2D eigenvalue weighted by Crippen LogP contribution is -2.47. The van der Waals surface area contributed by atoms with Crippen LogP contribution in [-0.4, -0.2) is 33.5 Å². The van der Waals surface area contributed by atoms with Crippen molar-refractivity contribution in [3.05, 3.63) is 28.8 Å². The van der Waals surface area contributed by atoms with E-state index in [4.69, 9.17) is 22.4 Å². The van der Waals surface area contributed by atoms with Crippen molar-refractivity contribution in [1.29, 1.82) is 0 Å². The molecular formula is C14H19ClN2O3S. The number of carbonyl (C=O) groups is 2. The van der Waals surface area contributed by atoms with Crippen LogP contribution in [0.15, 0.2) is 18.2 Å². The Hall–Kier alpha value is -1.24. The lowest BCUT2D eigenvalue weighted by atomic mass is 10.1. The fraction of sp³-hybridized carbons (Fsp3) is 0.429. The van der Waals surface area contributed by atoms with Gasteiger partial charge in [-0.15, -0.1) is 11.8 Å². The van der Waals surface area contributed by atoms with Gasteiger partial charge in [-0.1, -0.05) is 17.7 Å². The highest BCUT2D eigenvalue weighted by molar-refractivity contribution is 8.01. The van der Waals surface area contributed by atoms with Crippen molar-refractivity contribution in [3.63, 3.8) is 0 Å². The van der Waals surface area contributed by atoms with Gasteiger partial charge in [0, 0.05) is 15.5 Å². The van der Waals surface area contributed by atoms with Gasteiger partial charge < -0.3 is 16.2 Å². The van der Waals surface area contributed by atoms with Crippen molar-refractivity contribution < 1.29 is 14.7 Å². The molecule has 0 aromatic heterocycles. The molecule has 5 nitrogen and oxygen atoms in total. The summed E-state index contributed by atoms with van der Waals surface area (Å²) in [5, 5.41) is 12.2. The zero-order valence-corrected chi connectivity index (χ0v) is 13.7. The summed E-state index contributed by atoms with van der Waals surface area (Å²) in [7, 11) is 0. The first kappa shape index (κ1) is 17.8. The fourth-order valence-corrected chi connectivity index (χ4v) is 2.54. The Bertz CT molecular complexity index is 549. The lowest BCUT2D eigenvalue weighted by Gasteiger charge is -2.27. The van der Waals surface area contributed by atoms with Crippen LogP contribution in [0.1, 0.15) is 19.4 Å². The number of carboxylic acids is 1. The predicted octanol–water partition coefficient (Wildman–Crippen LogP) is 2.51. The van der Waals surface area contributed by atoms with Gasteiger partial charge in [0.25, 0.3) is 0 Å². The molecule has 1 amide bonds. The number of hydrogen-bond acceptors (Lipinski definition) is 4. The fourth-order valence-electron chi connectivity index (χ4n) is 1.51. The van der Waals surface area contributed by atoms with Crippen LogP contribution in [0, 0.1) is 6.92 Å². The molecule has 7 heteroatoms. The SMILES string of the molecule is Cc1ccc(NC(=O)CSC(C)(C)[C@@H](N)C(=O)O)cc1Cl. The van der Waals surface area contributed by atoms with Gasteiger partial charge in [0.1, 0.15) is 6.04 Å². The highest BCUT2D eigenvalue weighted by Crippen LogP contribution is 2.27. The molecule has 0 bridgehead atoms. The summed E-state index contributed by atoms with van der Waals surface area (Å²) in [4.78, 5) is 22.8. The molecule has 0 unspecified atom stereocenters. The minimum absolute atomic E-state index is 0.111. The molecule has 4 N–H and O–H groups in total. The summed E-state index contributed by atoms with van der Waals surface area (Å²) in [5.74, 6) is -1.21. The first-order valence-corrected chi connectivity index (χ1v) is 7.68. The van der Waals surface area contributed by atoms with E-state index in [1.807, 2.05) is 13.0 Å². The number of anilines is 1. The predicted molar refractivity (Wildman–Crippen MR) is 87.0 cm³/mol. The Balaban J connectivity index is 2.58. The van der Waals surface area contributed by atoms with Crippen LogP contribution in [0.4, 0.5) is 5.69 Å². The monoisotopic (exact) mass is 330 g/mol. The van der Waals surface area contributed by atoms with E-state index in [1.165, 1.54) is 11.8 Å². The van der Waals surface area contributed by atoms with Crippen molar-refractivity contribution in [1.82, 2.24) is 0 Å². The van der Waals surface area contributed by atoms with Gasteiger partial charge in [-0.2, -0.15) is 0 Å². The summed E-state index contributed by atoms with van der Waals surface area (Å²) < 4.78 is -0.742. The van der Waals surface area contributed by atoms with Crippen LogP contribution in [0.2, 0.25) is 5.02 Å². The molecule has 0 aliphatic carbocycles. The number of rotatable bonds is 6. The second kappa shape index (κ2) is 7.15. The minimum Gasteiger partial charge on any atom is -0.480 e. The molecule has 0 saturated carbocycles. The van der Waals surface area contributed by atoms with Crippen molar-refractivity contribution in [3.8, 4) is 0 Å². The molecule has 0 heterocycles. The first-order chi connectivity index (χ1) is 9.63. The van der Waals surface area contributed by atoms with Crippen LogP contribution in [0.3, 0.4) is 0 Å². The molecule has 0 radical (unpaired) electrons. The van der Waals surface area contributed by atoms with Crippen molar-refractivity contribution in [2.24, 2.45) is 5.73 Å². The molecule has 116 valence electrons. The van der Waals surface area contributed by atoms with E-state index in [1.54, 1.807) is 26.0 Å². The number of aryl methyl sites for hydroxylation is 1. The van der Waals surface area contributed by atoms with Gasteiger partial charge in [0.15, 0.2) is 0 Å². The Morgan fingerprint density at radius 1 is 1.48 bits per heavy atom. The van der Waals surface area contributed by atoms with E-state index in [0.717, 1.165) is 5.56 Å². The topological polar surface area (TPSA) is 92.4 Å². The maximum atomic E-state index is 11.9. The number of nitrogens with two attached hydrogens (primary N) is 1. The Labute approximate surface area is 133 Å². The molecular weight excluding hydrogens is 312 g/mol. The van der Waals surface area contributed by atoms with E-state index in [9.17, 15) is 9.59 Å². The van der Waals surface area contributed by atoms with E-state index in [-0.39, 0.29) is 11.7 Å². The average Bonchev–Trinajstić information content (AvgIpc) is 2.40. The molecule has 1 aromatic rings. The van der Waals surface area contributed by atoms with Gasteiger partial charge in [-0.25, -0.2) is 0 Å². The van der Waals surface area contributed by atoms with Crippen molar-refractivity contribution >= 4 is 40.9 Å². The number of aliphatic carboxylic acids is 1. The second-order valence-corrected chi connectivity index (χ2v) is 7.26. The van der Waals surface area contributed by atoms with Crippen molar-refractivity contribution in [2.45, 2.75) is 31.6 Å². The number of thioether (sulfide) groups is 1. The summed E-state index contributed by atoms with van der Waals surface area (Å²) in [6, 6.07) is 4.21. The summed E-state index contributed by atoms with van der Waals surface area (Å²) in [6.07, 6.45) is 0. The molecule has 1 atom stereocenters. The molecule has 0 fully saturated rings. The number of hydrogen-bond donors (Lipinski definition) is 3. The number of carboxylic acid groups (broad SMARTS) is 1. The summed E-state index contributed by atoms with van der Waals surface area (Å²) >= 11 is 7.18. The summed E-state index contributed by atoms with van der Waals surface area (Å²) in [5.41, 5.74) is 7.14. The van der Waals surface area contributed by atoms with Crippen LogP contribution in [0.5, 0.6) is 0 Å². The zero-order valence-electron chi connectivity index (χ0n) is 12.1. The zero-order chi connectivity index (χ0) is 16.2. The normalized spacial score (nSPS) is 12.8. The van der Waals surface area contributed by atoms with E-state index in [0.29, 0.717) is 10.7 Å². The number of carbonyl (C=O) groups excluding carboxylic acids is 1. The largest absolute Gasteiger partial charge is 0.480 e. The highest BCUT2D eigenvalue weighted by Gasteiger charge is 2.33. The maximum Gasteiger partial charge on any atom is 0.321 e. The van der Waals surface area contributed by atoms with Crippen LogP contribution in [0.25, 0.3) is 0 Å². The van der Waals surface area contributed by atoms with Crippen molar-refractivity contribution in [2.75, 3.05) is 11.1 Å². The second-order valence-electron chi connectivity index (χ2n) is 5.22. The minimum atomic E-state index is -1.08. The van der Waals surface area contributed by atoms with E-state index < -0.39 is 16.8 Å². The third kappa shape index (κ3) is 5.22.